The molecule has 0 bridgehead atoms. The smallest absolute Gasteiger partial charge is 0.0136 e. The first-order chi connectivity index (χ1) is 7.42. The van der Waals surface area contributed by atoms with Gasteiger partial charge in [-0.15, -0.1) is 24.8 Å². The molecule has 2 rings (SSSR count). The lowest BCUT2D eigenvalue weighted by atomic mass is 9.83. The van der Waals surface area contributed by atoms with Gasteiger partial charge in [0.2, 0.25) is 0 Å². The Balaban J connectivity index is 0.00000128. The lowest BCUT2D eigenvalue weighted by Crippen LogP contribution is -2.50. The van der Waals surface area contributed by atoms with Crippen LogP contribution >= 0.6 is 24.8 Å². The lowest BCUT2D eigenvalue weighted by Gasteiger charge is -2.44. The molecule has 4 heteroatoms. The number of nitrogens with zero attached hydrogens (tertiary/aromatic N) is 1. The zero-order chi connectivity index (χ0) is 10.5. The summed E-state index contributed by atoms with van der Waals surface area (Å²) < 4.78 is 0. The van der Waals surface area contributed by atoms with Gasteiger partial charge in [-0.05, 0) is 64.2 Å². The van der Waals surface area contributed by atoms with Crippen LogP contribution in [0.25, 0.3) is 0 Å². The van der Waals surface area contributed by atoms with Crippen LogP contribution in [0.4, 0.5) is 0 Å². The van der Waals surface area contributed by atoms with Gasteiger partial charge in [-0.2, -0.15) is 0 Å². The SMILES string of the molecule is CCCNC[C@@H]1CCCN2CCCC[C@H]12.Cl.Cl. The minimum atomic E-state index is 0. The second kappa shape index (κ2) is 9.43. The van der Waals surface area contributed by atoms with E-state index < -0.39 is 0 Å². The molecule has 2 aliphatic heterocycles. The second-order valence-electron chi connectivity index (χ2n) is 5.21. The number of rotatable bonds is 4. The Bertz CT molecular complexity index is 188. The monoisotopic (exact) mass is 282 g/mol. The molecule has 0 saturated carbocycles. The van der Waals surface area contributed by atoms with E-state index >= 15 is 0 Å². The molecule has 0 aromatic heterocycles. The van der Waals surface area contributed by atoms with Gasteiger partial charge in [-0.3, -0.25) is 0 Å². The molecule has 2 nitrogen and oxygen atoms in total. The molecule has 17 heavy (non-hydrogen) atoms. The van der Waals surface area contributed by atoms with E-state index in [1.54, 1.807) is 0 Å². The first-order valence-corrected chi connectivity index (χ1v) is 6.86. The third-order valence-electron chi connectivity index (χ3n) is 4.06. The van der Waals surface area contributed by atoms with Crippen LogP contribution in [0.2, 0.25) is 0 Å². The number of hydrogen-bond acceptors (Lipinski definition) is 2. The Hall–Kier alpha value is 0.500. The molecule has 1 N–H and O–H groups in total. The summed E-state index contributed by atoms with van der Waals surface area (Å²) in [5.41, 5.74) is 0. The van der Waals surface area contributed by atoms with Crippen LogP contribution in [0, 0.1) is 5.92 Å². The molecule has 0 radical (unpaired) electrons. The molecule has 0 unspecified atom stereocenters. The van der Waals surface area contributed by atoms with Crippen LogP contribution in [0.3, 0.4) is 0 Å². The quantitative estimate of drug-likeness (QED) is 0.798. The van der Waals surface area contributed by atoms with Gasteiger partial charge in [-0.25, -0.2) is 0 Å². The van der Waals surface area contributed by atoms with Crippen LogP contribution in [-0.4, -0.2) is 37.1 Å². The summed E-state index contributed by atoms with van der Waals surface area (Å²) in [6.07, 6.45) is 8.50. The van der Waals surface area contributed by atoms with E-state index in [4.69, 9.17) is 0 Å². The van der Waals surface area contributed by atoms with Crippen molar-refractivity contribution in [2.75, 3.05) is 26.2 Å². The Morgan fingerprint density at radius 3 is 2.59 bits per heavy atom. The summed E-state index contributed by atoms with van der Waals surface area (Å²) in [7, 11) is 0. The van der Waals surface area contributed by atoms with Crippen molar-refractivity contribution in [1.29, 1.82) is 0 Å². The summed E-state index contributed by atoms with van der Waals surface area (Å²) in [6.45, 7) is 7.45. The van der Waals surface area contributed by atoms with E-state index in [1.165, 1.54) is 64.7 Å². The molecule has 2 fully saturated rings. The minimum Gasteiger partial charge on any atom is -0.316 e. The van der Waals surface area contributed by atoms with Crippen molar-refractivity contribution in [3.63, 3.8) is 0 Å². The highest BCUT2D eigenvalue weighted by molar-refractivity contribution is 5.85. The van der Waals surface area contributed by atoms with Crippen molar-refractivity contribution in [3.8, 4) is 0 Å². The first kappa shape index (κ1) is 17.5. The van der Waals surface area contributed by atoms with Crippen molar-refractivity contribution >= 4 is 24.8 Å². The van der Waals surface area contributed by atoms with E-state index in [1.807, 2.05) is 0 Å². The minimum absolute atomic E-state index is 0. The van der Waals surface area contributed by atoms with Gasteiger partial charge in [-0.1, -0.05) is 13.3 Å². The van der Waals surface area contributed by atoms with E-state index in [-0.39, 0.29) is 24.8 Å². The molecule has 104 valence electrons. The van der Waals surface area contributed by atoms with Crippen LogP contribution in [-0.2, 0) is 0 Å². The number of piperidine rings is 2. The fourth-order valence-corrected chi connectivity index (χ4v) is 3.28. The number of nitrogens with one attached hydrogen (secondary N) is 1. The van der Waals surface area contributed by atoms with E-state index in [2.05, 4.69) is 17.1 Å². The topological polar surface area (TPSA) is 15.3 Å². The average molecular weight is 283 g/mol. The van der Waals surface area contributed by atoms with Crippen molar-refractivity contribution in [3.05, 3.63) is 0 Å². The highest BCUT2D eigenvalue weighted by atomic mass is 35.5. The van der Waals surface area contributed by atoms with Crippen molar-refractivity contribution < 1.29 is 0 Å². The van der Waals surface area contributed by atoms with Gasteiger partial charge in [0.25, 0.3) is 0 Å². The molecule has 2 atom stereocenters. The van der Waals surface area contributed by atoms with Gasteiger partial charge in [0, 0.05) is 6.04 Å². The van der Waals surface area contributed by atoms with Crippen molar-refractivity contribution in [2.45, 2.75) is 51.5 Å². The van der Waals surface area contributed by atoms with Gasteiger partial charge < -0.3 is 10.2 Å². The van der Waals surface area contributed by atoms with Crippen LogP contribution in [0.15, 0.2) is 0 Å². The molecule has 0 aromatic rings. The summed E-state index contributed by atoms with van der Waals surface area (Å²) in [4.78, 5) is 2.76. The highest BCUT2D eigenvalue weighted by Gasteiger charge is 2.32. The van der Waals surface area contributed by atoms with E-state index in [0.717, 1.165) is 12.0 Å². The molecule has 2 saturated heterocycles. The molecule has 0 amide bonds. The Morgan fingerprint density at radius 1 is 1.06 bits per heavy atom. The van der Waals surface area contributed by atoms with Gasteiger partial charge in [0.15, 0.2) is 0 Å². The summed E-state index contributed by atoms with van der Waals surface area (Å²) in [6, 6.07) is 0.914. The second-order valence-corrected chi connectivity index (χ2v) is 5.21. The predicted molar refractivity (Wildman–Crippen MR) is 79.6 cm³/mol. The molecular formula is C13H28Cl2N2. The maximum absolute atomic E-state index is 3.61. The number of halogens is 2. The summed E-state index contributed by atoms with van der Waals surface area (Å²) >= 11 is 0. The fraction of sp³-hybridized carbons (Fsp3) is 1.00. The molecule has 2 heterocycles. The third kappa shape index (κ3) is 4.94. The molecule has 0 spiro atoms. The highest BCUT2D eigenvalue weighted by Crippen LogP contribution is 2.30. The third-order valence-corrected chi connectivity index (χ3v) is 4.06. The summed E-state index contributed by atoms with van der Waals surface area (Å²) in [5.74, 6) is 0.936. The van der Waals surface area contributed by atoms with Gasteiger partial charge in [0.05, 0.1) is 0 Å². The number of fused-ring (bicyclic) bond motifs is 1. The van der Waals surface area contributed by atoms with Gasteiger partial charge in [0.1, 0.15) is 0 Å². The van der Waals surface area contributed by atoms with Crippen LogP contribution < -0.4 is 5.32 Å². The van der Waals surface area contributed by atoms with E-state index in [9.17, 15) is 0 Å². The molecule has 0 aliphatic carbocycles. The van der Waals surface area contributed by atoms with Crippen molar-refractivity contribution in [2.24, 2.45) is 5.92 Å². The normalized spacial score (nSPS) is 28.8. The van der Waals surface area contributed by atoms with E-state index in [0.29, 0.717) is 0 Å². The summed E-state index contributed by atoms with van der Waals surface area (Å²) in [5, 5.41) is 3.61. The average Bonchev–Trinajstić information content (AvgIpc) is 2.30. The predicted octanol–water partition coefficient (Wildman–Crippen LogP) is 3.09. The number of hydrogen-bond donors (Lipinski definition) is 1. The Kier molecular flexibility index (Phi) is 9.71. The Morgan fingerprint density at radius 2 is 1.82 bits per heavy atom. The largest absolute Gasteiger partial charge is 0.316 e. The first-order valence-electron chi connectivity index (χ1n) is 6.86. The van der Waals surface area contributed by atoms with Crippen molar-refractivity contribution in [1.82, 2.24) is 10.2 Å². The maximum Gasteiger partial charge on any atom is 0.0136 e. The zero-order valence-corrected chi connectivity index (χ0v) is 12.6. The zero-order valence-electron chi connectivity index (χ0n) is 11.0. The van der Waals surface area contributed by atoms with Crippen LogP contribution in [0.5, 0.6) is 0 Å². The molecule has 0 aromatic carbocycles. The lowest BCUT2D eigenvalue weighted by molar-refractivity contribution is 0.0596. The Labute approximate surface area is 119 Å². The van der Waals surface area contributed by atoms with Gasteiger partial charge >= 0.3 is 0 Å². The fourth-order valence-electron chi connectivity index (χ4n) is 3.28. The van der Waals surface area contributed by atoms with Crippen LogP contribution in [0.1, 0.15) is 45.4 Å². The maximum atomic E-state index is 3.61. The molecule has 2 aliphatic rings. The molecular weight excluding hydrogens is 255 g/mol. The standard InChI is InChI=1S/C13H26N2.2ClH/c1-2-8-14-11-12-6-5-10-15-9-4-3-7-13(12)15;;/h12-14H,2-11H2,1H3;2*1H/t12-,13+;;/m0../s1.